The van der Waals surface area contributed by atoms with Crippen molar-refractivity contribution in [1.29, 1.82) is 0 Å². The van der Waals surface area contributed by atoms with Crippen LogP contribution in [0.3, 0.4) is 0 Å². The van der Waals surface area contributed by atoms with Gasteiger partial charge in [0.15, 0.2) is 11.2 Å². The normalized spacial score (nSPS) is 15.8. The number of rotatable bonds is 2. The zero-order valence-electron chi connectivity index (χ0n) is 16.9. The number of carboxylic acid groups (broad SMARTS) is 1. The van der Waals surface area contributed by atoms with Gasteiger partial charge in [-0.2, -0.15) is 0 Å². The number of nitrogens with zero attached hydrogens (tertiary/aromatic N) is 1. The Morgan fingerprint density at radius 3 is 2.67 bits per heavy atom. The van der Waals surface area contributed by atoms with Gasteiger partial charge in [0.1, 0.15) is 16.9 Å². The number of fused-ring (bicyclic) bond motifs is 5. The summed E-state index contributed by atoms with van der Waals surface area (Å²) in [6, 6.07) is 11.0. The van der Waals surface area contributed by atoms with Crippen molar-refractivity contribution in [3.63, 3.8) is 0 Å². The van der Waals surface area contributed by atoms with Crippen molar-refractivity contribution in [2.24, 2.45) is 5.41 Å². The van der Waals surface area contributed by atoms with E-state index < -0.39 is 11.4 Å². The number of aromatic nitrogens is 1. The summed E-state index contributed by atoms with van der Waals surface area (Å²) < 4.78 is 13.8. The first-order chi connectivity index (χ1) is 14.3. The highest BCUT2D eigenvalue weighted by atomic mass is 16.4. The lowest BCUT2D eigenvalue weighted by atomic mass is 9.79. The lowest BCUT2D eigenvalue weighted by Crippen LogP contribution is -2.32. The molecule has 0 fully saturated rings. The fourth-order valence-corrected chi connectivity index (χ4v) is 4.37. The van der Waals surface area contributed by atoms with E-state index in [1.807, 2.05) is 34.9 Å². The van der Waals surface area contributed by atoms with E-state index in [1.165, 1.54) is 12.3 Å². The van der Waals surface area contributed by atoms with Crippen LogP contribution in [0.1, 0.15) is 42.7 Å². The third-order valence-electron chi connectivity index (χ3n) is 5.88. The van der Waals surface area contributed by atoms with Gasteiger partial charge in [0.05, 0.1) is 17.5 Å². The number of furan rings is 2. The summed E-state index contributed by atoms with van der Waals surface area (Å²) in [4.78, 5) is 24.1. The number of hydrogen-bond donors (Lipinski definition) is 1. The molecular formula is C24H21NO5. The molecule has 0 saturated heterocycles. The van der Waals surface area contributed by atoms with Crippen LogP contribution in [0.15, 0.2) is 62.5 Å². The van der Waals surface area contributed by atoms with Gasteiger partial charge in [0, 0.05) is 29.3 Å². The van der Waals surface area contributed by atoms with Gasteiger partial charge in [-0.1, -0.05) is 32.9 Å². The average molecular weight is 403 g/mol. The molecule has 0 aliphatic carbocycles. The maximum atomic E-state index is 12.5. The summed E-state index contributed by atoms with van der Waals surface area (Å²) in [6.07, 6.45) is 3.75. The van der Waals surface area contributed by atoms with Crippen LogP contribution >= 0.6 is 0 Å². The molecule has 1 aromatic carbocycles. The molecule has 5 rings (SSSR count). The highest BCUT2D eigenvalue weighted by Crippen LogP contribution is 2.47. The topological polar surface area (TPSA) is 85.6 Å². The van der Waals surface area contributed by atoms with Crippen LogP contribution in [0.4, 0.5) is 0 Å². The van der Waals surface area contributed by atoms with Crippen molar-refractivity contribution in [3.05, 3.63) is 70.2 Å². The Morgan fingerprint density at radius 1 is 1.20 bits per heavy atom. The SMILES string of the molecule is CC(C)(C)[C@@H]1Cc2c(oc3c(-c4ccco4)cccc23)-c2cc(=O)c(C(=O)O)cn21. The minimum Gasteiger partial charge on any atom is -0.477 e. The van der Waals surface area contributed by atoms with Gasteiger partial charge in [-0.05, 0) is 30.0 Å². The molecule has 4 aromatic rings. The van der Waals surface area contributed by atoms with Crippen LogP contribution < -0.4 is 5.43 Å². The molecule has 3 aromatic heterocycles. The van der Waals surface area contributed by atoms with Crippen molar-refractivity contribution >= 4 is 16.9 Å². The molecule has 0 saturated carbocycles. The Labute approximate surface area is 172 Å². The molecule has 0 radical (unpaired) electrons. The lowest BCUT2D eigenvalue weighted by Gasteiger charge is -2.37. The molecule has 6 nitrogen and oxygen atoms in total. The maximum absolute atomic E-state index is 12.5. The molecular weight excluding hydrogens is 382 g/mol. The largest absolute Gasteiger partial charge is 0.477 e. The molecule has 4 heterocycles. The maximum Gasteiger partial charge on any atom is 0.341 e. The summed E-state index contributed by atoms with van der Waals surface area (Å²) in [7, 11) is 0. The fraction of sp³-hybridized carbons (Fsp3) is 0.250. The summed E-state index contributed by atoms with van der Waals surface area (Å²) in [5.41, 5.74) is 2.25. The minimum absolute atomic E-state index is 0.0354. The Bertz CT molecular complexity index is 1350. The second-order valence-corrected chi connectivity index (χ2v) is 8.80. The molecule has 1 aliphatic rings. The van der Waals surface area contributed by atoms with Gasteiger partial charge in [0.25, 0.3) is 0 Å². The molecule has 30 heavy (non-hydrogen) atoms. The number of aromatic carboxylic acids is 1. The zero-order chi connectivity index (χ0) is 21.2. The van der Waals surface area contributed by atoms with Crippen molar-refractivity contribution in [3.8, 4) is 22.8 Å². The highest BCUT2D eigenvalue weighted by molar-refractivity contribution is 5.97. The minimum atomic E-state index is -1.22. The van der Waals surface area contributed by atoms with Crippen molar-refractivity contribution in [2.75, 3.05) is 0 Å². The van der Waals surface area contributed by atoms with Gasteiger partial charge < -0.3 is 18.5 Å². The predicted molar refractivity (Wildman–Crippen MR) is 113 cm³/mol. The number of hydrogen-bond acceptors (Lipinski definition) is 4. The van der Waals surface area contributed by atoms with Crippen LogP contribution in [0, 0.1) is 5.41 Å². The first-order valence-electron chi connectivity index (χ1n) is 9.84. The molecule has 6 heteroatoms. The van der Waals surface area contributed by atoms with Crippen LogP contribution in [0.25, 0.3) is 33.7 Å². The van der Waals surface area contributed by atoms with Gasteiger partial charge >= 0.3 is 5.97 Å². The molecule has 1 N–H and O–H groups in total. The number of para-hydroxylation sites is 1. The number of pyridine rings is 1. The molecule has 0 spiro atoms. The summed E-state index contributed by atoms with van der Waals surface area (Å²) in [6.45, 7) is 6.34. The second kappa shape index (κ2) is 6.23. The van der Waals surface area contributed by atoms with E-state index >= 15 is 0 Å². The van der Waals surface area contributed by atoms with E-state index in [9.17, 15) is 14.7 Å². The Balaban J connectivity index is 1.84. The van der Waals surface area contributed by atoms with Crippen LogP contribution in [0.2, 0.25) is 0 Å². The lowest BCUT2D eigenvalue weighted by molar-refractivity contribution is 0.0693. The highest BCUT2D eigenvalue weighted by Gasteiger charge is 2.36. The van der Waals surface area contributed by atoms with Crippen molar-refractivity contribution in [2.45, 2.75) is 33.2 Å². The zero-order valence-corrected chi connectivity index (χ0v) is 16.9. The standard InChI is InChI=1S/C24H21NO5/c1-24(2,3)20-10-15-13-6-4-7-14(19-8-5-9-29-19)21(13)30-22(15)17-11-18(26)16(23(27)28)12-25(17)20/h4-9,11-12,20H,10H2,1-3H3,(H,27,28)/t20-/m0/s1. The molecule has 0 bridgehead atoms. The Hall–Kier alpha value is -3.54. The first kappa shape index (κ1) is 18.5. The third-order valence-corrected chi connectivity index (χ3v) is 5.88. The molecule has 0 amide bonds. The van der Waals surface area contributed by atoms with E-state index in [0.717, 1.165) is 16.5 Å². The molecule has 1 atom stereocenters. The average Bonchev–Trinajstić information content (AvgIpc) is 3.33. The van der Waals surface area contributed by atoms with Crippen molar-refractivity contribution < 1.29 is 18.7 Å². The van der Waals surface area contributed by atoms with Gasteiger partial charge in [0.2, 0.25) is 0 Å². The monoisotopic (exact) mass is 403 g/mol. The molecule has 152 valence electrons. The quantitative estimate of drug-likeness (QED) is 0.487. The van der Waals surface area contributed by atoms with Gasteiger partial charge in [-0.3, -0.25) is 4.79 Å². The Kier molecular flexibility index (Phi) is 3.84. The molecule has 1 aliphatic heterocycles. The summed E-state index contributed by atoms with van der Waals surface area (Å²) in [5.74, 6) is 0.0923. The van der Waals surface area contributed by atoms with Crippen molar-refractivity contribution in [1.82, 2.24) is 4.57 Å². The molecule has 0 unspecified atom stereocenters. The van der Waals surface area contributed by atoms with E-state index in [4.69, 9.17) is 8.83 Å². The van der Waals surface area contributed by atoms with Gasteiger partial charge in [-0.15, -0.1) is 0 Å². The summed E-state index contributed by atoms with van der Waals surface area (Å²) in [5, 5.41) is 10.4. The predicted octanol–water partition coefficient (Wildman–Crippen LogP) is 5.36. The van der Waals surface area contributed by atoms with Crippen LogP contribution in [-0.4, -0.2) is 15.6 Å². The number of benzene rings is 1. The Morgan fingerprint density at radius 2 is 2.00 bits per heavy atom. The second-order valence-electron chi connectivity index (χ2n) is 8.80. The van der Waals surface area contributed by atoms with Crippen LogP contribution in [-0.2, 0) is 6.42 Å². The number of carbonyl (C=O) groups is 1. The van der Waals surface area contributed by atoms with Crippen LogP contribution in [0.5, 0.6) is 0 Å². The van der Waals surface area contributed by atoms with E-state index in [0.29, 0.717) is 29.2 Å². The van der Waals surface area contributed by atoms with E-state index in [1.54, 1.807) is 6.26 Å². The summed E-state index contributed by atoms with van der Waals surface area (Å²) >= 11 is 0. The third kappa shape index (κ3) is 2.64. The smallest absolute Gasteiger partial charge is 0.341 e. The number of carboxylic acids is 1. The van der Waals surface area contributed by atoms with E-state index in [2.05, 4.69) is 20.8 Å². The fourth-order valence-electron chi connectivity index (χ4n) is 4.37. The first-order valence-corrected chi connectivity index (χ1v) is 9.84. The van der Waals surface area contributed by atoms with Gasteiger partial charge in [-0.25, -0.2) is 4.79 Å². The van der Waals surface area contributed by atoms with E-state index in [-0.39, 0.29) is 17.0 Å².